The molecule has 0 unspecified atom stereocenters. The third kappa shape index (κ3) is 4.76. The first kappa shape index (κ1) is 20.9. The van der Waals surface area contributed by atoms with Gasteiger partial charge >= 0.3 is 12.0 Å². The Hall–Kier alpha value is -2.87. The number of amides is 2. The van der Waals surface area contributed by atoms with Crippen molar-refractivity contribution < 1.29 is 14.7 Å². The summed E-state index contributed by atoms with van der Waals surface area (Å²) in [6.07, 6.45) is 3.18. The van der Waals surface area contributed by atoms with Crippen LogP contribution in [0.15, 0.2) is 24.4 Å². The molecule has 2 amide bonds. The van der Waals surface area contributed by atoms with Crippen LogP contribution in [0, 0.1) is 20.8 Å². The molecule has 2 aromatic rings. The topological polar surface area (TPSA) is 99.5 Å². The van der Waals surface area contributed by atoms with E-state index >= 15 is 0 Å². The maximum atomic E-state index is 12.4. The summed E-state index contributed by atoms with van der Waals surface area (Å²) in [5.74, 6) is -0.822. The molecule has 156 valence electrons. The maximum absolute atomic E-state index is 12.4. The monoisotopic (exact) mass is 399 g/mol. The molecule has 0 radical (unpaired) electrons. The first-order chi connectivity index (χ1) is 13.8. The molecule has 0 saturated heterocycles. The Bertz CT molecular complexity index is 902. The Labute approximate surface area is 170 Å². The molecular weight excluding hydrogens is 370 g/mol. The molecule has 0 atom stereocenters. The first-order valence-electron chi connectivity index (χ1n) is 9.94. The number of aliphatic carboxylic acids is 1. The Morgan fingerprint density at radius 3 is 2.66 bits per heavy atom. The van der Waals surface area contributed by atoms with E-state index in [4.69, 9.17) is 5.11 Å². The standard InChI is InChI=1S/C21H29N5O3/c1-5-25(12-20(27)28)17-9-16(10-17)23-21(29)24-18-11-22-26(15(18)4)19-8-13(2)6-7-14(19)3/h6-8,11,16-17H,5,9-10,12H2,1-4H3,(H,27,28)(H2,23,24,29). The van der Waals surface area contributed by atoms with Crippen LogP contribution in [-0.2, 0) is 4.79 Å². The van der Waals surface area contributed by atoms with Gasteiger partial charge in [0.2, 0.25) is 0 Å². The molecule has 3 N–H and O–H groups in total. The van der Waals surface area contributed by atoms with Gasteiger partial charge in [-0.05, 0) is 57.4 Å². The van der Waals surface area contributed by atoms with E-state index in [-0.39, 0.29) is 24.7 Å². The predicted molar refractivity (Wildman–Crippen MR) is 112 cm³/mol. The summed E-state index contributed by atoms with van der Waals surface area (Å²) < 4.78 is 1.84. The van der Waals surface area contributed by atoms with Crippen LogP contribution < -0.4 is 10.6 Å². The van der Waals surface area contributed by atoms with Gasteiger partial charge in [-0.15, -0.1) is 0 Å². The number of nitrogens with one attached hydrogen (secondary N) is 2. The van der Waals surface area contributed by atoms with Crippen molar-refractivity contribution in [3.8, 4) is 5.69 Å². The molecule has 1 aliphatic rings. The number of aryl methyl sites for hydroxylation is 2. The van der Waals surface area contributed by atoms with Crippen LogP contribution in [0.25, 0.3) is 5.69 Å². The van der Waals surface area contributed by atoms with Crippen LogP contribution in [0.4, 0.5) is 10.5 Å². The zero-order valence-electron chi connectivity index (χ0n) is 17.4. The highest BCUT2D eigenvalue weighted by Crippen LogP contribution is 2.26. The third-order valence-corrected chi connectivity index (χ3v) is 5.56. The number of urea groups is 1. The van der Waals surface area contributed by atoms with Gasteiger partial charge in [0.25, 0.3) is 0 Å². The van der Waals surface area contributed by atoms with Gasteiger partial charge in [0, 0.05) is 12.1 Å². The number of hydrogen-bond donors (Lipinski definition) is 3. The lowest BCUT2D eigenvalue weighted by Crippen LogP contribution is -2.55. The Morgan fingerprint density at radius 2 is 2.00 bits per heavy atom. The van der Waals surface area contributed by atoms with Crippen molar-refractivity contribution in [1.29, 1.82) is 0 Å². The van der Waals surface area contributed by atoms with E-state index in [2.05, 4.69) is 33.9 Å². The third-order valence-electron chi connectivity index (χ3n) is 5.56. The van der Waals surface area contributed by atoms with Crippen LogP contribution in [0.3, 0.4) is 0 Å². The van der Waals surface area contributed by atoms with Crippen LogP contribution in [0.2, 0.25) is 0 Å². The predicted octanol–water partition coefficient (Wildman–Crippen LogP) is 2.86. The van der Waals surface area contributed by atoms with Gasteiger partial charge in [-0.1, -0.05) is 19.1 Å². The van der Waals surface area contributed by atoms with Crippen molar-refractivity contribution in [2.45, 2.75) is 52.6 Å². The number of rotatable bonds is 7. The van der Waals surface area contributed by atoms with E-state index in [1.807, 2.05) is 37.3 Å². The highest BCUT2D eigenvalue weighted by atomic mass is 16.4. The second-order valence-corrected chi connectivity index (χ2v) is 7.72. The van der Waals surface area contributed by atoms with Gasteiger partial charge in [0.15, 0.2) is 0 Å². The fourth-order valence-corrected chi connectivity index (χ4v) is 3.74. The van der Waals surface area contributed by atoms with Gasteiger partial charge in [-0.2, -0.15) is 5.10 Å². The Balaban J connectivity index is 1.57. The fourth-order valence-electron chi connectivity index (χ4n) is 3.74. The summed E-state index contributed by atoms with van der Waals surface area (Å²) >= 11 is 0. The van der Waals surface area contributed by atoms with Crippen molar-refractivity contribution in [2.75, 3.05) is 18.4 Å². The van der Waals surface area contributed by atoms with E-state index in [9.17, 15) is 9.59 Å². The smallest absolute Gasteiger partial charge is 0.319 e. The number of aromatic nitrogens is 2. The lowest BCUT2D eigenvalue weighted by Gasteiger charge is -2.42. The lowest BCUT2D eigenvalue weighted by molar-refractivity contribution is -0.139. The van der Waals surface area contributed by atoms with E-state index in [1.165, 1.54) is 0 Å². The molecule has 0 aliphatic heterocycles. The molecule has 1 heterocycles. The maximum Gasteiger partial charge on any atom is 0.319 e. The van der Waals surface area contributed by atoms with Crippen molar-refractivity contribution in [3.05, 3.63) is 41.2 Å². The molecule has 29 heavy (non-hydrogen) atoms. The van der Waals surface area contributed by atoms with Crippen molar-refractivity contribution in [1.82, 2.24) is 20.0 Å². The number of carboxylic acids is 1. The summed E-state index contributed by atoms with van der Waals surface area (Å²) in [5, 5.41) is 19.3. The highest BCUT2D eigenvalue weighted by molar-refractivity contribution is 5.90. The molecule has 1 aromatic carbocycles. The largest absolute Gasteiger partial charge is 0.480 e. The number of anilines is 1. The molecule has 8 nitrogen and oxygen atoms in total. The molecule has 8 heteroatoms. The summed E-state index contributed by atoms with van der Waals surface area (Å²) in [7, 11) is 0. The van der Waals surface area contributed by atoms with Crippen LogP contribution in [0.1, 0.15) is 36.6 Å². The normalized spacial score (nSPS) is 18.4. The van der Waals surface area contributed by atoms with Crippen molar-refractivity contribution in [3.63, 3.8) is 0 Å². The number of carboxylic acid groups (broad SMARTS) is 1. The second kappa shape index (κ2) is 8.65. The number of benzene rings is 1. The quantitative estimate of drug-likeness (QED) is 0.665. The molecule has 1 fully saturated rings. The number of carbonyl (C=O) groups excluding carboxylic acids is 1. The zero-order chi connectivity index (χ0) is 21.1. The van der Waals surface area contributed by atoms with Gasteiger partial charge < -0.3 is 15.7 Å². The molecule has 0 spiro atoms. The van der Waals surface area contributed by atoms with Gasteiger partial charge in [-0.3, -0.25) is 9.69 Å². The van der Waals surface area contributed by atoms with E-state index in [0.717, 1.165) is 35.3 Å². The van der Waals surface area contributed by atoms with E-state index in [0.29, 0.717) is 12.2 Å². The van der Waals surface area contributed by atoms with Crippen LogP contribution in [0.5, 0.6) is 0 Å². The van der Waals surface area contributed by atoms with Gasteiger partial charge in [-0.25, -0.2) is 9.48 Å². The van der Waals surface area contributed by atoms with Crippen LogP contribution in [-0.4, -0.2) is 57.0 Å². The zero-order valence-corrected chi connectivity index (χ0v) is 17.4. The molecule has 1 saturated carbocycles. The minimum Gasteiger partial charge on any atom is -0.480 e. The molecular formula is C21H29N5O3. The average Bonchev–Trinajstić information content (AvgIpc) is 2.98. The Morgan fingerprint density at radius 1 is 1.28 bits per heavy atom. The molecule has 0 bridgehead atoms. The molecule has 1 aromatic heterocycles. The van der Waals surface area contributed by atoms with E-state index < -0.39 is 5.97 Å². The molecule has 3 rings (SSSR count). The summed E-state index contributed by atoms with van der Waals surface area (Å²) in [4.78, 5) is 25.2. The number of carbonyl (C=O) groups is 2. The SMILES string of the molecule is CCN(CC(=O)O)C1CC(NC(=O)Nc2cnn(-c3cc(C)ccc3C)c2C)C1. The fraction of sp³-hybridized carbons (Fsp3) is 0.476. The van der Waals surface area contributed by atoms with Gasteiger partial charge in [0.05, 0.1) is 29.8 Å². The highest BCUT2D eigenvalue weighted by Gasteiger charge is 2.34. The number of nitrogens with zero attached hydrogens (tertiary/aromatic N) is 3. The van der Waals surface area contributed by atoms with Crippen LogP contribution >= 0.6 is 0 Å². The van der Waals surface area contributed by atoms with Gasteiger partial charge in [0.1, 0.15) is 0 Å². The average molecular weight is 399 g/mol. The first-order valence-corrected chi connectivity index (χ1v) is 9.94. The number of likely N-dealkylation sites (N-methyl/N-ethyl adjacent to an activating group) is 1. The molecule has 1 aliphatic carbocycles. The number of hydrogen-bond acceptors (Lipinski definition) is 4. The van der Waals surface area contributed by atoms with Crippen molar-refractivity contribution >= 4 is 17.7 Å². The second-order valence-electron chi connectivity index (χ2n) is 7.72. The minimum atomic E-state index is -0.822. The lowest BCUT2D eigenvalue weighted by atomic mass is 9.85. The Kier molecular flexibility index (Phi) is 6.22. The minimum absolute atomic E-state index is 0.0385. The summed E-state index contributed by atoms with van der Waals surface area (Å²) in [6, 6.07) is 6.19. The van der Waals surface area contributed by atoms with Crippen molar-refractivity contribution in [2.24, 2.45) is 0 Å². The van der Waals surface area contributed by atoms with E-state index in [1.54, 1.807) is 6.20 Å². The summed E-state index contributed by atoms with van der Waals surface area (Å²) in [6.45, 7) is 8.67. The summed E-state index contributed by atoms with van der Waals surface area (Å²) in [5.41, 5.74) is 4.78.